The Labute approximate surface area is 208 Å². The molecule has 1 aliphatic rings. The summed E-state index contributed by atoms with van der Waals surface area (Å²) in [6.45, 7) is 0.631. The standard InChI is InChI=1S/C21H16ClF5N4O2.C2H7N/c22-14-4-3-5-16(17(14)24)31(20(32)30-8-1-2-9-30)11-13-7-6-12(10-15(13)23)18-28-29-19(33-18)21(25,26)27;1-3-2/h3-7,10H,1-2,8-9,11H2;3H,1-2H3. The molecule has 2 aromatic carbocycles. The van der Waals surface area contributed by atoms with Gasteiger partial charge < -0.3 is 14.6 Å². The maximum Gasteiger partial charge on any atom is 0.470 e. The zero-order valence-corrected chi connectivity index (χ0v) is 20.1. The number of nitrogens with zero attached hydrogens (tertiary/aromatic N) is 4. The molecule has 2 amide bonds. The first-order valence-electron chi connectivity index (χ1n) is 10.8. The van der Waals surface area contributed by atoms with Gasteiger partial charge in [-0.3, -0.25) is 4.90 Å². The molecule has 194 valence electrons. The Balaban J connectivity index is 0.00000115. The predicted molar refractivity (Wildman–Crippen MR) is 123 cm³/mol. The molecule has 1 saturated heterocycles. The maximum absolute atomic E-state index is 14.9. The van der Waals surface area contributed by atoms with E-state index in [-0.39, 0.29) is 28.4 Å². The number of amides is 2. The zero-order chi connectivity index (χ0) is 26.5. The topological polar surface area (TPSA) is 74.5 Å². The fraction of sp³-hybridized carbons (Fsp3) is 0.348. The third kappa shape index (κ3) is 6.30. The van der Waals surface area contributed by atoms with Gasteiger partial charge in [0.2, 0.25) is 5.89 Å². The Morgan fingerprint density at radius 2 is 1.81 bits per heavy atom. The van der Waals surface area contributed by atoms with Gasteiger partial charge in [-0.25, -0.2) is 13.6 Å². The van der Waals surface area contributed by atoms with Gasteiger partial charge in [0, 0.05) is 24.2 Å². The second kappa shape index (κ2) is 11.7. The van der Waals surface area contributed by atoms with E-state index in [0.29, 0.717) is 13.1 Å². The first kappa shape index (κ1) is 27.3. The van der Waals surface area contributed by atoms with Gasteiger partial charge in [-0.1, -0.05) is 23.7 Å². The number of rotatable bonds is 4. The fourth-order valence-corrected chi connectivity index (χ4v) is 3.64. The number of anilines is 1. The van der Waals surface area contributed by atoms with Gasteiger partial charge in [0.1, 0.15) is 5.82 Å². The molecule has 36 heavy (non-hydrogen) atoms. The van der Waals surface area contributed by atoms with E-state index in [1.54, 1.807) is 0 Å². The Kier molecular flexibility index (Phi) is 8.85. The number of aromatic nitrogens is 2. The fourth-order valence-electron chi connectivity index (χ4n) is 3.47. The van der Waals surface area contributed by atoms with Crippen molar-refractivity contribution in [2.24, 2.45) is 0 Å². The lowest BCUT2D eigenvalue weighted by molar-refractivity contribution is -0.156. The van der Waals surface area contributed by atoms with Crippen LogP contribution in [-0.4, -0.2) is 48.3 Å². The molecule has 0 spiro atoms. The molecule has 7 nitrogen and oxygen atoms in total. The number of halogens is 6. The summed E-state index contributed by atoms with van der Waals surface area (Å²) in [5.41, 5.74) is -0.193. The molecule has 1 aromatic heterocycles. The van der Waals surface area contributed by atoms with Crippen LogP contribution in [0.5, 0.6) is 0 Å². The van der Waals surface area contributed by atoms with Crippen molar-refractivity contribution in [1.29, 1.82) is 0 Å². The number of carbonyl (C=O) groups excluding carboxylic acids is 1. The van der Waals surface area contributed by atoms with Crippen molar-refractivity contribution in [2.75, 3.05) is 32.1 Å². The van der Waals surface area contributed by atoms with Gasteiger partial charge in [0.15, 0.2) is 5.82 Å². The van der Waals surface area contributed by atoms with Crippen LogP contribution in [0.1, 0.15) is 24.3 Å². The quantitative estimate of drug-likeness (QED) is 0.434. The minimum Gasteiger partial charge on any atom is -0.413 e. The number of carbonyl (C=O) groups is 1. The van der Waals surface area contributed by atoms with E-state index in [4.69, 9.17) is 11.6 Å². The Bertz CT molecular complexity index is 1200. The van der Waals surface area contributed by atoms with Gasteiger partial charge >= 0.3 is 18.1 Å². The Hall–Kier alpha value is -3.25. The van der Waals surface area contributed by atoms with Crippen LogP contribution in [0.2, 0.25) is 5.02 Å². The van der Waals surface area contributed by atoms with Gasteiger partial charge in [-0.05, 0) is 51.2 Å². The van der Waals surface area contributed by atoms with Gasteiger partial charge in [-0.2, -0.15) is 13.2 Å². The molecule has 0 bridgehead atoms. The molecule has 3 aromatic rings. The lowest BCUT2D eigenvalue weighted by Gasteiger charge is -2.28. The first-order chi connectivity index (χ1) is 17.1. The maximum atomic E-state index is 14.9. The SMILES string of the molecule is CNC.O=C(N1CCCC1)N(Cc1ccc(-c2nnc(C(F)(F)F)o2)cc1F)c1cccc(Cl)c1F. The average Bonchev–Trinajstić information content (AvgIpc) is 3.53. The van der Waals surface area contributed by atoms with Crippen LogP contribution in [0.15, 0.2) is 40.8 Å². The summed E-state index contributed by atoms with van der Waals surface area (Å²) in [6.07, 6.45) is -3.24. The second-order valence-electron chi connectivity index (χ2n) is 7.85. The van der Waals surface area contributed by atoms with E-state index < -0.39 is 35.6 Å². The summed E-state index contributed by atoms with van der Waals surface area (Å²) in [5, 5.41) is 8.76. The molecule has 1 aliphatic heterocycles. The van der Waals surface area contributed by atoms with E-state index in [1.165, 1.54) is 35.2 Å². The molecule has 0 aliphatic carbocycles. The lowest BCUT2D eigenvalue weighted by Crippen LogP contribution is -2.42. The van der Waals surface area contributed by atoms with Crippen molar-refractivity contribution in [3.05, 3.63) is 64.5 Å². The Morgan fingerprint density at radius 3 is 2.39 bits per heavy atom. The highest BCUT2D eigenvalue weighted by atomic mass is 35.5. The highest BCUT2D eigenvalue weighted by molar-refractivity contribution is 6.31. The number of nitrogens with one attached hydrogen (secondary N) is 1. The van der Waals surface area contributed by atoms with Crippen LogP contribution in [0.25, 0.3) is 11.5 Å². The third-order valence-electron chi connectivity index (χ3n) is 5.13. The van der Waals surface area contributed by atoms with Gasteiger partial charge in [-0.15, -0.1) is 10.2 Å². The molecule has 13 heteroatoms. The van der Waals surface area contributed by atoms with Crippen molar-refractivity contribution in [2.45, 2.75) is 25.6 Å². The minimum atomic E-state index is -4.83. The highest BCUT2D eigenvalue weighted by Crippen LogP contribution is 2.32. The average molecular weight is 532 g/mol. The summed E-state index contributed by atoms with van der Waals surface area (Å²) in [6, 6.07) is 7.10. The number of hydrogen-bond acceptors (Lipinski definition) is 5. The van der Waals surface area contributed by atoms with Crippen LogP contribution in [0.3, 0.4) is 0 Å². The molecule has 4 rings (SSSR count). The lowest BCUT2D eigenvalue weighted by atomic mass is 10.1. The van der Waals surface area contributed by atoms with E-state index in [0.717, 1.165) is 23.8 Å². The van der Waals surface area contributed by atoms with E-state index in [9.17, 15) is 26.7 Å². The van der Waals surface area contributed by atoms with Crippen LogP contribution in [-0.2, 0) is 12.7 Å². The van der Waals surface area contributed by atoms with Crippen LogP contribution in [0.4, 0.5) is 32.4 Å². The normalized spacial score (nSPS) is 13.4. The number of alkyl halides is 3. The van der Waals surface area contributed by atoms with E-state index >= 15 is 0 Å². The van der Waals surface area contributed by atoms with E-state index in [2.05, 4.69) is 19.9 Å². The van der Waals surface area contributed by atoms with Crippen molar-refractivity contribution in [3.63, 3.8) is 0 Å². The third-order valence-corrected chi connectivity index (χ3v) is 5.42. The molecule has 0 saturated carbocycles. The first-order valence-corrected chi connectivity index (χ1v) is 11.2. The van der Waals surface area contributed by atoms with E-state index in [1.807, 2.05) is 14.1 Å². The van der Waals surface area contributed by atoms with Crippen molar-refractivity contribution < 1.29 is 31.2 Å². The highest BCUT2D eigenvalue weighted by Gasteiger charge is 2.38. The summed E-state index contributed by atoms with van der Waals surface area (Å²) in [5.74, 6) is -3.74. The predicted octanol–water partition coefficient (Wildman–Crippen LogP) is 5.75. The Morgan fingerprint density at radius 1 is 1.14 bits per heavy atom. The van der Waals surface area contributed by atoms with Gasteiger partial charge in [0.25, 0.3) is 0 Å². The molecule has 0 atom stereocenters. The molecular formula is C23H23ClF5N5O2. The molecule has 0 radical (unpaired) electrons. The molecular weight excluding hydrogens is 509 g/mol. The van der Waals surface area contributed by atoms with Crippen LogP contribution in [0, 0.1) is 11.6 Å². The number of benzene rings is 2. The molecule has 1 fully saturated rings. The minimum absolute atomic E-state index is 0.00114. The number of likely N-dealkylation sites (tertiary alicyclic amines) is 1. The smallest absolute Gasteiger partial charge is 0.413 e. The monoisotopic (exact) mass is 531 g/mol. The summed E-state index contributed by atoms with van der Waals surface area (Å²) in [4.78, 5) is 15.7. The van der Waals surface area contributed by atoms with Crippen molar-refractivity contribution >= 4 is 23.3 Å². The molecule has 1 N–H and O–H groups in total. The summed E-state index contributed by atoms with van der Waals surface area (Å²) < 4.78 is 72.2. The van der Waals surface area contributed by atoms with Gasteiger partial charge in [0.05, 0.1) is 17.3 Å². The number of urea groups is 1. The summed E-state index contributed by atoms with van der Waals surface area (Å²) >= 11 is 5.88. The van der Waals surface area contributed by atoms with Crippen molar-refractivity contribution in [3.8, 4) is 11.5 Å². The number of hydrogen-bond donors (Lipinski definition) is 1. The summed E-state index contributed by atoms with van der Waals surface area (Å²) in [7, 11) is 3.75. The molecule has 2 heterocycles. The van der Waals surface area contributed by atoms with Crippen LogP contribution >= 0.6 is 11.6 Å². The largest absolute Gasteiger partial charge is 0.470 e. The van der Waals surface area contributed by atoms with Crippen molar-refractivity contribution in [1.82, 2.24) is 20.4 Å². The van der Waals surface area contributed by atoms with Crippen LogP contribution < -0.4 is 10.2 Å². The zero-order valence-electron chi connectivity index (χ0n) is 19.4. The molecule has 0 unspecified atom stereocenters. The second-order valence-corrected chi connectivity index (χ2v) is 8.26.